The van der Waals surface area contributed by atoms with Crippen molar-refractivity contribution in [1.82, 2.24) is 0 Å². The van der Waals surface area contributed by atoms with Gasteiger partial charge >= 0.3 is 12.1 Å². The van der Waals surface area contributed by atoms with E-state index in [4.69, 9.17) is 9.52 Å². The molecule has 0 saturated heterocycles. The predicted octanol–water partition coefficient (Wildman–Crippen LogP) is 2.43. The standard InChI is InChI=1S/C9H9F3O4S/c10-9(11,12)4-1-5-17(15)7-3-2-6(16-7)8(13)14/h2-3H,1,4-5H2,(H,13,14). The van der Waals surface area contributed by atoms with Crippen LogP contribution in [0.1, 0.15) is 23.4 Å². The van der Waals surface area contributed by atoms with Gasteiger partial charge in [-0.2, -0.15) is 13.2 Å². The van der Waals surface area contributed by atoms with E-state index in [-0.39, 0.29) is 23.0 Å². The van der Waals surface area contributed by atoms with Crippen LogP contribution in [0.2, 0.25) is 0 Å². The maximum absolute atomic E-state index is 11.8. The zero-order chi connectivity index (χ0) is 13.1. The van der Waals surface area contributed by atoms with Crippen molar-refractivity contribution in [1.29, 1.82) is 0 Å². The van der Waals surface area contributed by atoms with Crippen molar-refractivity contribution < 1.29 is 31.7 Å². The summed E-state index contributed by atoms with van der Waals surface area (Å²) < 4.78 is 51.6. The van der Waals surface area contributed by atoms with Crippen molar-refractivity contribution in [3.63, 3.8) is 0 Å². The number of aromatic carboxylic acids is 1. The van der Waals surface area contributed by atoms with Crippen LogP contribution in [0.4, 0.5) is 13.2 Å². The summed E-state index contributed by atoms with van der Waals surface area (Å²) in [6.07, 6.45) is -5.59. The minimum Gasteiger partial charge on any atom is -0.475 e. The van der Waals surface area contributed by atoms with E-state index in [1.54, 1.807) is 0 Å². The van der Waals surface area contributed by atoms with Gasteiger partial charge in [0.05, 0.1) is 10.8 Å². The van der Waals surface area contributed by atoms with Crippen molar-refractivity contribution in [2.24, 2.45) is 0 Å². The van der Waals surface area contributed by atoms with E-state index in [0.29, 0.717) is 0 Å². The van der Waals surface area contributed by atoms with E-state index in [1.807, 2.05) is 0 Å². The fourth-order valence-corrected chi connectivity index (χ4v) is 2.07. The maximum Gasteiger partial charge on any atom is 0.389 e. The number of carbonyl (C=O) groups is 1. The third-order valence-electron chi connectivity index (χ3n) is 1.81. The Morgan fingerprint density at radius 3 is 2.53 bits per heavy atom. The van der Waals surface area contributed by atoms with Crippen molar-refractivity contribution in [2.45, 2.75) is 24.1 Å². The fraction of sp³-hybridized carbons (Fsp3) is 0.444. The summed E-state index contributed by atoms with van der Waals surface area (Å²) in [6, 6.07) is 2.30. The number of halogens is 3. The van der Waals surface area contributed by atoms with Gasteiger partial charge < -0.3 is 9.52 Å². The minimum atomic E-state index is -4.28. The first-order chi connectivity index (χ1) is 7.79. The second-order valence-corrected chi connectivity index (χ2v) is 4.69. The Labute approximate surface area is 96.9 Å². The normalized spacial score (nSPS) is 13.6. The molecule has 0 bridgehead atoms. The molecular weight excluding hydrogens is 261 g/mol. The van der Waals surface area contributed by atoms with Gasteiger partial charge in [0.25, 0.3) is 0 Å². The third-order valence-corrected chi connectivity index (χ3v) is 3.13. The molecule has 0 aromatic carbocycles. The van der Waals surface area contributed by atoms with Crippen LogP contribution < -0.4 is 0 Å². The zero-order valence-corrected chi connectivity index (χ0v) is 9.31. The van der Waals surface area contributed by atoms with Crippen LogP contribution in [-0.2, 0) is 10.8 Å². The van der Waals surface area contributed by atoms with Gasteiger partial charge in [0.15, 0.2) is 5.09 Å². The maximum atomic E-state index is 11.8. The Morgan fingerprint density at radius 1 is 1.41 bits per heavy atom. The topological polar surface area (TPSA) is 67.5 Å². The summed E-state index contributed by atoms with van der Waals surface area (Å²) in [7, 11) is -1.74. The van der Waals surface area contributed by atoms with E-state index >= 15 is 0 Å². The molecule has 0 aliphatic heterocycles. The largest absolute Gasteiger partial charge is 0.475 e. The van der Waals surface area contributed by atoms with E-state index in [9.17, 15) is 22.2 Å². The molecule has 8 heteroatoms. The van der Waals surface area contributed by atoms with Gasteiger partial charge in [0.1, 0.15) is 0 Å². The first kappa shape index (κ1) is 13.8. The Balaban J connectivity index is 2.50. The zero-order valence-electron chi connectivity index (χ0n) is 8.49. The quantitative estimate of drug-likeness (QED) is 0.892. The third kappa shape index (κ3) is 4.59. The highest BCUT2D eigenvalue weighted by Gasteiger charge is 2.26. The van der Waals surface area contributed by atoms with Gasteiger partial charge in [-0.1, -0.05) is 0 Å². The molecule has 1 aromatic heterocycles. The van der Waals surface area contributed by atoms with Crippen molar-refractivity contribution >= 4 is 16.8 Å². The molecule has 1 heterocycles. The van der Waals surface area contributed by atoms with Gasteiger partial charge in [0, 0.05) is 12.2 Å². The summed E-state index contributed by atoms with van der Waals surface area (Å²) in [4.78, 5) is 10.4. The molecule has 1 rings (SSSR count). The Hall–Kier alpha value is -1.31. The summed E-state index contributed by atoms with van der Waals surface area (Å²) in [6.45, 7) is 0. The highest BCUT2D eigenvalue weighted by Crippen LogP contribution is 2.22. The second-order valence-electron chi connectivity index (χ2n) is 3.19. The average molecular weight is 270 g/mol. The van der Waals surface area contributed by atoms with Gasteiger partial charge in [-0.15, -0.1) is 0 Å². The van der Waals surface area contributed by atoms with E-state index in [2.05, 4.69) is 0 Å². The molecule has 17 heavy (non-hydrogen) atoms. The number of carboxylic acids is 1. The Morgan fingerprint density at radius 2 is 2.06 bits per heavy atom. The first-order valence-corrected chi connectivity index (χ1v) is 5.90. The van der Waals surface area contributed by atoms with Gasteiger partial charge in [-0.3, -0.25) is 4.21 Å². The van der Waals surface area contributed by atoms with Gasteiger partial charge in [-0.05, 0) is 18.6 Å². The number of hydrogen-bond acceptors (Lipinski definition) is 3. The SMILES string of the molecule is O=C(O)c1ccc(S(=O)CCCC(F)(F)F)o1. The number of hydrogen-bond donors (Lipinski definition) is 1. The molecule has 4 nitrogen and oxygen atoms in total. The molecule has 1 N–H and O–H groups in total. The number of carboxylic acid groups (broad SMARTS) is 1. The monoisotopic (exact) mass is 270 g/mol. The van der Waals surface area contributed by atoms with Crippen molar-refractivity contribution in [2.75, 3.05) is 5.75 Å². The highest BCUT2D eigenvalue weighted by molar-refractivity contribution is 7.84. The van der Waals surface area contributed by atoms with Crippen molar-refractivity contribution in [3.8, 4) is 0 Å². The van der Waals surface area contributed by atoms with Crippen LogP contribution in [0, 0.1) is 0 Å². The summed E-state index contributed by atoms with van der Waals surface area (Å²) in [5.41, 5.74) is 0. The molecule has 0 aliphatic carbocycles. The van der Waals surface area contributed by atoms with Gasteiger partial charge in [-0.25, -0.2) is 4.79 Å². The van der Waals surface area contributed by atoms with Crippen LogP contribution in [0.5, 0.6) is 0 Å². The number of alkyl halides is 3. The second kappa shape index (κ2) is 5.35. The minimum absolute atomic E-state index is 0.121. The highest BCUT2D eigenvalue weighted by atomic mass is 32.2. The molecule has 96 valence electrons. The smallest absolute Gasteiger partial charge is 0.389 e. The molecule has 1 unspecified atom stereocenters. The van der Waals surface area contributed by atoms with Crippen LogP contribution in [0.25, 0.3) is 0 Å². The molecule has 0 spiro atoms. The number of rotatable bonds is 5. The molecule has 0 saturated carbocycles. The summed E-state index contributed by atoms with van der Waals surface area (Å²) in [5.74, 6) is -1.92. The van der Waals surface area contributed by atoms with Crippen LogP contribution in [-0.4, -0.2) is 27.2 Å². The van der Waals surface area contributed by atoms with Crippen LogP contribution in [0.15, 0.2) is 21.6 Å². The van der Waals surface area contributed by atoms with Crippen LogP contribution >= 0.6 is 0 Å². The molecule has 0 aliphatic rings. The molecule has 0 radical (unpaired) electrons. The lowest BCUT2D eigenvalue weighted by atomic mass is 10.3. The molecule has 1 aromatic rings. The molecule has 0 fully saturated rings. The summed E-state index contributed by atoms with van der Waals surface area (Å²) in [5, 5.41) is 8.40. The van der Waals surface area contributed by atoms with Gasteiger partial charge in [0.2, 0.25) is 5.76 Å². The lowest BCUT2D eigenvalue weighted by Crippen LogP contribution is -2.09. The van der Waals surface area contributed by atoms with E-state index in [0.717, 1.165) is 6.07 Å². The van der Waals surface area contributed by atoms with Crippen LogP contribution in [0.3, 0.4) is 0 Å². The molecular formula is C9H9F3O4S. The van der Waals surface area contributed by atoms with E-state index in [1.165, 1.54) is 6.07 Å². The summed E-state index contributed by atoms with van der Waals surface area (Å²) >= 11 is 0. The molecule has 0 amide bonds. The molecule has 1 atom stereocenters. The lowest BCUT2D eigenvalue weighted by Gasteiger charge is -2.04. The van der Waals surface area contributed by atoms with E-state index < -0.39 is 29.4 Å². The first-order valence-electron chi connectivity index (χ1n) is 4.58. The lowest BCUT2D eigenvalue weighted by molar-refractivity contribution is -0.134. The predicted molar refractivity (Wildman–Crippen MR) is 52.2 cm³/mol. The fourth-order valence-electron chi connectivity index (χ4n) is 1.06. The Kier molecular flexibility index (Phi) is 4.33. The van der Waals surface area contributed by atoms with Crippen molar-refractivity contribution in [3.05, 3.63) is 17.9 Å². The average Bonchev–Trinajstić information content (AvgIpc) is 2.63. The number of furan rings is 1. The Bertz CT molecular complexity index is 424.